The zero-order valence-corrected chi connectivity index (χ0v) is 13.4. The quantitative estimate of drug-likeness (QED) is 0.841. The molecule has 0 N–H and O–H groups in total. The van der Waals surface area contributed by atoms with Gasteiger partial charge in [0, 0.05) is 6.54 Å². The van der Waals surface area contributed by atoms with Crippen LogP contribution in [0, 0.1) is 5.82 Å². The van der Waals surface area contributed by atoms with Crippen LogP contribution in [0.25, 0.3) is 0 Å². The highest BCUT2D eigenvalue weighted by molar-refractivity contribution is 7.91. The Kier molecular flexibility index (Phi) is 4.05. The lowest BCUT2D eigenvalue weighted by Gasteiger charge is -2.23. The van der Waals surface area contributed by atoms with E-state index in [2.05, 4.69) is 0 Å². The number of nitrogens with zero attached hydrogens (tertiary/aromatic N) is 1. The summed E-state index contributed by atoms with van der Waals surface area (Å²) in [5, 5.41) is 0. The van der Waals surface area contributed by atoms with Crippen molar-refractivity contribution in [2.75, 3.05) is 6.54 Å². The molecule has 1 atom stereocenters. The van der Waals surface area contributed by atoms with E-state index in [-0.39, 0.29) is 16.1 Å². The Hall–Kier alpha value is -0.950. The number of hydrogen-bond donors (Lipinski definition) is 0. The molecule has 2 heterocycles. The highest BCUT2D eigenvalue weighted by Gasteiger charge is 2.37. The summed E-state index contributed by atoms with van der Waals surface area (Å²) < 4.78 is 40.9. The maximum Gasteiger partial charge on any atom is 0.253 e. The lowest BCUT2D eigenvalue weighted by molar-refractivity contribution is 0.396. The maximum atomic E-state index is 13.4. The van der Waals surface area contributed by atoms with E-state index in [1.807, 2.05) is 0 Å². The minimum Gasteiger partial charge on any atom is -0.207 e. The van der Waals surface area contributed by atoms with Gasteiger partial charge in [0.05, 0.1) is 10.4 Å². The summed E-state index contributed by atoms with van der Waals surface area (Å²) in [6.45, 7) is 0.443. The fourth-order valence-electron chi connectivity index (χ4n) is 2.63. The van der Waals surface area contributed by atoms with Crippen molar-refractivity contribution in [1.82, 2.24) is 4.31 Å². The Labute approximate surface area is 132 Å². The minimum atomic E-state index is -3.58. The normalized spacial score (nSPS) is 20.0. The first kappa shape index (κ1) is 15.0. The number of thiophene rings is 1. The summed E-state index contributed by atoms with van der Waals surface area (Å²) in [6.07, 6.45) is 1.46. The van der Waals surface area contributed by atoms with Gasteiger partial charge in [-0.2, -0.15) is 4.31 Å². The van der Waals surface area contributed by atoms with Crippen LogP contribution < -0.4 is 0 Å². The summed E-state index contributed by atoms with van der Waals surface area (Å²) in [7, 11) is -3.58. The molecule has 7 heteroatoms. The Morgan fingerprint density at radius 3 is 2.76 bits per heavy atom. The summed E-state index contributed by atoms with van der Waals surface area (Å²) >= 11 is 6.88. The zero-order chi connectivity index (χ0) is 15.0. The fourth-order valence-corrected chi connectivity index (χ4v) is 5.92. The highest BCUT2D eigenvalue weighted by atomic mass is 35.5. The van der Waals surface area contributed by atoms with Gasteiger partial charge in [0.2, 0.25) is 0 Å². The molecule has 0 bridgehead atoms. The number of benzene rings is 1. The van der Waals surface area contributed by atoms with Crippen LogP contribution in [0.15, 0.2) is 40.6 Å². The molecule has 1 fully saturated rings. The van der Waals surface area contributed by atoms with Crippen LogP contribution in [0.4, 0.5) is 4.39 Å². The van der Waals surface area contributed by atoms with Crippen LogP contribution in [0.1, 0.15) is 24.4 Å². The first-order chi connectivity index (χ1) is 9.98. The minimum absolute atomic E-state index is 0.232. The molecule has 21 heavy (non-hydrogen) atoms. The van der Waals surface area contributed by atoms with Crippen molar-refractivity contribution in [1.29, 1.82) is 0 Å². The summed E-state index contributed by atoms with van der Waals surface area (Å²) in [5.41, 5.74) is 0.693. The molecule has 1 saturated heterocycles. The third-order valence-electron chi connectivity index (χ3n) is 3.55. The van der Waals surface area contributed by atoms with Gasteiger partial charge < -0.3 is 0 Å². The smallest absolute Gasteiger partial charge is 0.207 e. The highest BCUT2D eigenvalue weighted by Crippen LogP contribution is 2.38. The number of rotatable bonds is 3. The Bertz CT molecular complexity index is 760. The first-order valence-corrected chi connectivity index (χ1v) is 9.14. The Balaban J connectivity index is 1.97. The van der Waals surface area contributed by atoms with Gasteiger partial charge in [-0.05, 0) is 42.7 Å². The molecule has 0 amide bonds. The molecule has 112 valence electrons. The predicted octanol–water partition coefficient (Wildman–Crippen LogP) is 4.07. The van der Waals surface area contributed by atoms with E-state index in [9.17, 15) is 12.8 Å². The second-order valence-corrected chi connectivity index (χ2v) is 8.72. The second kappa shape index (κ2) is 5.68. The SMILES string of the molecule is O=S(=O)(c1ccc(Cl)s1)N1CCC[C@@H]1c1cccc(F)c1. The van der Waals surface area contributed by atoms with Crippen LogP contribution in [-0.2, 0) is 10.0 Å². The monoisotopic (exact) mass is 345 g/mol. The van der Waals surface area contributed by atoms with E-state index in [0.29, 0.717) is 22.9 Å². The van der Waals surface area contributed by atoms with E-state index in [4.69, 9.17) is 11.6 Å². The number of sulfonamides is 1. The molecule has 3 nitrogen and oxygen atoms in total. The number of halogens is 2. The van der Waals surface area contributed by atoms with E-state index in [1.165, 1.54) is 22.5 Å². The standard InChI is InChI=1S/C14H13ClFNO2S2/c15-13-6-7-14(20-13)21(18,19)17-8-2-5-12(17)10-3-1-4-11(16)9-10/h1,3-4,6-7,9,12H,2,5,8H2/t12-/m1/s1. The van der Waals surface area contributed by atoms with Crippen molar-refractivity contribution in [2.24, 2.45) is 0 Å². The van der Waals surface area contributed by atoms with Gasteiger partial charge in [-0.25, -0.2) is 12.8 Å². The van der Waals surface area contributed by atoms with Crippen molar-refractivity contribution >= 4 is 33.0 Å². The Morgan fingerprint density at radius 1 is 1.29 bits per heavy atom. The summed E-state index contributed by atoms with van der Waals surface area (Å²) in [6, 6.07) is 8.91. The Morgan fingerprint density at radius 2 is 2.10 bits per heavy atom. The third-order valence-corrected chi connectivity index (χ3v) is 7.16. The third kappa shape index (κ3) is 2.85. The van der Waals surface area contributed by atoms with Crippen molar-refractivity contribution in [3.8, 4) is 0 Å². The van der Waals surface area contributed by atoms with Gasteiger partial charge in [-0.15, -0.1) is 11.3 Å². The van der Waals surface area contributed by atoms with E-state index in [0.717, 1.165) is 17.8 Å². The fraction of sp³-hybridized carbons (Fsp3) is 0.286. The van der Waals surface area contributed by atoms with Crippen molar-refractivity contribution in [3.63, 3.8) is 0 Å². The first-order valence-electron chi connectivity index (χ1n) is 6.51. The molecule has 0 spiro atoms. The molecule has 1 aliphatic heterocycles. The summed E-state index contributed by atoms with van der Waals surface area (Å²) in [5.74, 6) is -0.351. The van der Waals surface area contributed by atoms with E-state index >= 15 is 0 Å². The molecule has 3 rings (SSSR count). The average molecular weight is 346 g/mol. The molecule has 1 aromatic heterocycles. The van der Waals surface area contributed by atoms with Gasteiger partial charge in [-0.1, -0.05) is 23.7 Å². The molecule has 0 radical (unpaired) electrons. The lowest BCUT2D eigenvalue weighted by atomic mass is 10.1. The van der Waals surface area contributed by atoms with Crippen LogP contribution in [0.3, 0.4) is 0 Å². The van der Waals surface area contributed by atoms with Gasteiger partial charge in [0.1, 0.15) is 10.0 Å². The van der Waals surface area contributed by atoms with Gasteiger partial charge in [-0.3, -0.25) is 0 Å². The van der Waals surface area contributed by atoms with Crippen LogP contribution in [0.5, 0.6) is 0 Å². The molecular formula is C14H13ClFNO2S2. The molecule has 0 saturated carbocycles. The van der Waals surface area contributed by atoms with Gasteiger partial charge in [0.15, 0.2) is 0 Å². The van der Waals surface area contributed by atoms with Gasteiger partial charge in [0.25, 0.3) is 10.0 Å². The molecule has 0 unspecified atom stereocenters. The van der Waals surface area contributed by atoms with Crippen molar-refractivity contribution < 1.29 is 12.8 Å². The molecular weight excluding hydrogens is 333 g/mol. The molecule has 1 aliphatic rings. The van der Waals surface area contributed by atoms with Gasteiger partial charge >= 0.3 is 0 Å². The summed E-state index contributed by atoms with van der Waals surface area (Å²) in [4.78, 5) is 0. The van der Waals surface area contributed by atoms with Crippen molar-refractivity contribution in [3.05, 3.63) is 52.1 Å². The molecule has 2 aromatic rings. The predicted molar refractivity (Wildman–Crippen MR) is 81.6 cm³/mol. The van der Waals surface area contributed by atoms with Crippen LogP contribution in [-0.4, -0.2) is 19.3 Å². The van der Waals surface area contributed by atoms with Crippen molar-refractivity contribution in [2.45, 2.75) is 23.1 Å². The molecule has 0 aliphatic carbocycles. The van der Waals surface area contributed by atoms with Crippen LogP contribution >= 0.6 is 22.9 Å². The zero-order valence-electron chi connectivity index (χ0n) is 11.0. The lowest BCUT2D eigenvalue weighted by Crippen LogP contribution is -2.30. The van der Waals surface area contributed by atoms with Crippen LogP contribution in [0.2, 0.25) is 4.34 Å². The largest absolute Gasteiger partial charge is 0.253 e. The van der Waals surface area contributed by atoms with E-state index < -0.39 is 10.0 Å². The topological polar surface area (TPSA) is 37.4 Å². The average Bonchev–Trinajstić information content (AvgIpc) is 3.07. The second-order valence-electron chi connectivity index (χ2n) is 4.89. The van der Waals surface area contributed by atoms with E-state index in [1.54, 1.807) is 18.2 Å². The maximum absolute atomic E-state index is 13.4. The molecule has 1 aromatic carbocycles. The number of hydrogen-bond acceptors (Lipinski definition) is 3.